The van der Waals surface area contributed by atoms with Gasteiger partial charge in [0.25, 0.3) is 5.91 Å². The third-order valence-corrected chi connectivity index (χ3v) is 0.691. The highest BCUT2D eigenvalue weighted by molar-refractivity contribution is 5.82. The van der Waals surface area contributed by atoms with E-state index in [4.69, 9.17) is 0 Å². The van der Waals surface area contributed by atoms with Gasteiger partial charge >= 0.3 is 5.92 Å². The van der Waals surface area contributed by atoms with Crippen LogP contribution in [0.3, 0.4) is 0 Å². The molecule has 2 N–H and O–H groups in total. The molecule has 0 aromatic carbocycles. The minimum atomic E-state index is -3.44. The van der Waals surface area contributed by atoms with Crippen LogP contribution in [-0.2, 0) is 4.79 Å². The van der Waals surface area contributed by atoms with E-state index >= 15 is 0 Å². The number of nitrogens with two attached hydrogens (primary N) is 1. The highest BCUT2D eigenvalue weighted by Crippen LogP contribution is 2.14. The molecule has 0 aromatic rings. The summed E-state index contributed by atoms with van der Waals surface area (Å²) in [6, 6.07) is 0. The number of hydrogen-bond donors (Lipinski definition) is 1. The predicted octanol–water partition coefficient (Wildman–Crippen LogP) is 0.331. The van der Waals surface area contributed by atoms with Crippen LogP contribution >= 0.6 is 0 Å². The van der Waals surface area contributed by atoms with Crippen molar-refractivity contribution >= 4 is 5.91 Å². The second-order valence-corrected chi connectivity index (χ2v) is 1.28. The van der Waals surface area contributed by atoms with Crippen LogP contribution in [0.2, 0.25) is 0 Å². The molecule has 1 amide bonds. The lowest BCUT2D eigenvalue weighted by atomic mass is 10.2. The average Bonchev–Trinajstić information content (AvgIpc) is 1.67. The normalized spacial score (nSPS) is 11.4. The van der Waals surface area contributed by atoms with Crippen LogP contribution in [0.25, 0.3) is 0 Å². The summed E-state index contributed by atoms with van der Waals surface area (Å²) >= 11 is 0. The molecule has 0 aliphatic carbocycles. The lowest BCUT2D eigenvalue weighted by Crippen LogP contribution is -2.34. The molecule has 0 aromatic heterocycles. The topological polar surface area (TPSA) is 43.1 Å². The Morgan fingerprint density at radius 1 is 1.75 bits per heavy atom. The Morgan fingerprint density at radius 2 is 2.12 bits per heavy atom. The maximum Gasteiger partial charge on any atom is 0.327 e. The number of rotatable bonds is 2. The van der Waals surface area contributed by atoms with Gasteiger partial charge in [-0.15, -0.1) is 0 Å². The van der Waals surface area contributed by atoms with E-state index in [1.54, 1.807) is 0 Å². The van der Waals surface area contributed by atoms with Crippen molar-refractivity contribution in [2.24, 2.45) is 5.73 Å². The first-order valence-corrected chi connectivity index (χ1v) is 1.99. The summed E-state index contributed by atoms with van der Waals surface area (Å²) in [7, 11) is 0. The van der Waals surface area contributed by atoms with Crippen molar-refractivity contribution in [3.63, 3.8) is 0 Å². The molecular formula is C4H6F2NO. The summed E-state index contributed by atoms with van der Waals surface area (Å²) in [6.07, 6.45) is 0.454. The smallest absolute Gasteiger partial charge is 0.327 e. The highest BCUT2D eigenvalue weighted by Gasteiger charge is 2.33. The molecule has 4 heteroatoms. The van der Waals surface area contributed by atoms with Crippen molar-refractivity contribution < 1.29 is 13.6 Å². The zero-order valence-electron chi connectivity index (χ0n) is 4.32. The standard InChI is InChI=1S/C4H6F2NO/c1-2-4(5,6)3(7)8/h2H,1H3,(H2,7,8). The lowest BCUT2D eigenvalue weighted by molar-refractivity contribution is -0.137. The Balaban J connectivity index is 3.91. The van der Waals surface area contributed by atoms with Gasteiger partial charge in [-0.1, -0.05) is 6.92 Å². The Hall–Kier alpha value is -0.670. The van der Waals surface area contributed by atoms with Gasteiger partial charge in [0.15, 0.2) is 0 Å². The van der Waals surface area contributed by atoms with Crippen LogP contribution in [0.4, 0.5) is 8.78 Å². The molecule has 0 spiro atoms. The number of carbonyl (C=O) groups excluding carboxylic acids is 1. The molecule has 0 atom stereocenters. The van der Waals surface area contributed by atoms with Crippen LogP contribution in [0, 0.1) is 6.42 Å². The Labute approximate surface area is 45.7 Å². The zero-order valence-corrected chi connectivity index (χ0v) is 4.32. The molecule has 1 radical (unpaired) electrons. The van der Waals surface area contributed by atoms with Gasteiger partial charge in [0.2, 0.25) is 0 Å². The number of primary amides is 1. The minimum absolute atomic E-state index is 0.454. The first-order chi connectivity index (χ1) is 3.50. The Kier molecular flexibility index (Phi) is 1.89. The van der Waals surface area contributed by atoms with Crippen LogP contribution in [-0.4, -0.2) is 11.8 Å². The van der Waals surface area contributed by atoms with E-state index in [0.29, 0.717) is 6.42 Å². The fourth-order valence-electron chi connectivity index (χ4n) is 0.142. The molecule has 0 saturated carbocycles. The maximum absolute atomic E-state index is 11.7. The molecule has 0 aliphatic heterocycles. The fourth-order valence-corrected chi connectivity index (χ4v) is 0.142. The fraction of sp³-hybridized carbons (Fsp3) is 0.500. The van der Waals surface area contributed by atoms with E-state index < -0.39 is 11.8 Å². The summed E-state index contributed by atoms with van der Waals surface area (Å²) in [5.74, 6) is -5.06. The van der Waals surface area contributed by atoms with Crippen molar-refractivity contribution in [2.75, 3.05) is 0 Å². The predicted molar refractivity (Wildman–Crippen MR) is 24.1 cm³/mol. The van der Waals surface area contributed by atoms with E-state index in [1.807, 2.05) is 0 Å². The molecule has 0 saturated heterocycles. The van der Waals surface area contributed by atoms with Crippen LogP contribution in [0.1, 0.15) is 6.92 Å². The number of halogens is 2. The molecular weight excluding hydrogens is 116 g/mol. The van der Waals surface area contributed by atoms with E-state index in [9.17, 15) is 13.6 Å². The Morgan fingerprint density at radius 3 is 2.12 bits per heavy atom. The Bertz CT molecular complexity index is 102. The van der Waals surface area contributed by atoms with Gasteiger partial charge in [0, 0.05) is 6.42 Å². The molecule has 0 rings (SSSR count). The molecule has 0 aliphatic rings. The van der Waals surface area contributed by atoms with Crippen LogP contribution in [0.5, 0.6) is 0 Å². The van der Waals surface area contributed by atoms with Gasteiger partial charge in [-0.2, -0.15) is 8.78 Å². The van der Waals surface area contributed by atoms with Gasteiger partial charge in [-0.3, -0.25) is 4.79 Å². The molecule has 47 valence electrons. The van der Waals surface area contributed by atoms with Gasteiger partial charge < -0.3 is 5.73 Å². The molecule has 0 unspecified atom stereocenters. The summed E-state index contributed by atoms with van der Waals surface area (Å²) in [6.45, 7) is 1.07. The molecule has 0 bridgehead atoms. The summed E-state index contributed by atoms with van der Waals surface area (Å²) in [5, 5.41) is 0. The van der Waals surface area contributed by atoms with Crippen LogP contribution in [0.15, 0.2) is 0 Å². The summed E-state index contributed by atoms with van der Waals surface area (Å²) < 4.78 is 23.5. The number of alkyl halides is 2. The first-order valence-electron chi connectivity index (χ1n) is 1.99. The average molecular weight is 122 g/mol. The monoisotopic (exact) mass is 122 g/mol. The lowest BCUT2D eigenvalue weighted by Gasteiger charge is -2.05. The second kappa shape index (κ2) is 2.07. The third kappa shape index (κ3) is 1.44. The van der Waals surface area contributed by atoms with Crippen molar-refractivity contribution in [2.45, 2.75) is 12.8 Å². The van der Waals surface area contributed by atoms with E-state index in [2.05, 4.69) is 5.73 Å². The number of carbonyl (C=O) groups is 1. The summed E-state index contributed by atoms with van der Waals surface area (Å²) in [4.78, 5) is 9.69. The first kappa shape index (κ1) is 7.33. The van der Waals surface area contributed by atoms with Gasteiger partial charge in [0.05, 0.1) is 0 Å². The zero-order chi connectivity index (χ0) is 6.78. The van der Waals surface area contributed by atoms with Crippen molar-refractivity contribution in [3.05, 3.63) is 6.42 Å². The van der Waals surface area contributed by atoms with E-state index in [1.165, 1.54) is 0 Å². The highest BCUT2D eigenvalue weighted by atomic mass is 19.3. The van der Waals surface area contributed by atoms with Gasteiger partial charge in [-0.25, -0.2) is 0 Å². The molecule has 8 heavy (non-hydrogen) atoms. The number of amides is 1. The third-order valence-electron chi connectivity index (χ3n) is 0.691. The van der Waals surface area contributed by atoms with Gasteiger partial charge in [0.1, 0.15) is 0 Å². The molecule has 2 nitrogen and oxygen atoms in total. The maximum atomic E-state index is 11.7. The number of hydrogen-bond acceptors (Lipinski definition) is 1. The largest absolute Gasteiger partial charge is 0.364 e. The van der Waals surface area contributed by atoms with E-state index in [-0.39, 0.29) is 0 Å². The second-order valence-electron chi connectivity index (χ2n) is 1.28. The SMILES string of the molecule is C[CH]C(F)(F)C(N)=O. The molecule has 0 heterocycles. The van der Waals surface area contributed by atoms with Crippen LogP contribution < -0.4 is 5.73 Å². The van der Waals surface area contributed by atoms with Crippen molar-refractivity contribution in [1.29, 1.82) is 0 Å². The van der Waals surface area contributed by atoms with Crippen molar-refractivity contribution in [1.82, 2.24) is 0 Å². The molecule has 0 fully saturated rings. The van der Waals surface area contributed by atoms with E-state index in [0.717, 1.165) is 6.92 Å². The van der Waals surface area contributed by atoms with Crippen molar-refractivity contribution in [3.8, 4) is 0 Å². The minimum Gasteiger partial charge on any atom is -0.364 e. The summed E-state index contributed by atoms with van der Waals surface area (Å²) in [5.41, 5.74) is 4.26. The quantitative estimate of drug-likeness (QED) is 0.563. The van der Waals surface area contributed by atoms with Gasteiger partial charge in [-0.05, 0) is 0 Å².